The van der Waals surface area contributed by atoms with Gasteiger partial charge < -0.3 is 15.7 Å². The van der Waals surface area contributed by atoms with Crippen LogP contribution in [0.5, 0.6) is 0 Å². The van der Waals surface area contributed by atoms with Gasteiger partial charge in [0.1, 0.15) is 0 Å². The van der Waals surface area contributed by atoms with Crippen molar-refractivity contribution < 1.29 is 13.9 Å². The quantitative estimate of drug-likeness (QED) is 0.787. The van der Waals surface area contributed by atoms with E-state index in [9.17, 15) is 13.9 Å². The summed E-state index contributed by atoms with van der Waals surface area (Å²) in [6.45, 7) is 6.10. The van der Waals surface area contributed by atoms with Gasteiger partial charge in [-0.15, -0.1) is 0 Å². The minimum absolute atomic E-state index is 0.0160. The van der Waals surface area contributed by atoms with E-state index in [4.69, 9.17) is 0 Å². The van der Waals surface area contributed by atoms with E-state index in [2.05, 4.69) is 15.6 Å². The first-order chi connectivity index (χ1) is 8.86. The molecule has 0 aliphatic heterocycles. The second kappa shape index (κ2) is 4.92. The van der Waals surface area contributed by atoms with Crippen molar-refractivity contribution in [3.8, 4) is 0 Å². The van der Waals surface area contributed by atoms with E-state index >= 15 is 0 Å². The van der Waals surface area contributed by atoms with Gasteiger partial charge in [-0.2, -0.15) is 0 Å². The summed E-state index contributed by atoms with van der Waals surface area (Å²) in [5.41, 5.74) is -0.346. The van der Waals surface area contributed by atoms with E-state index in [1.807, 2.05) is 20.8 Å². The van der Waals surface area contributed by atoms with Crippen LogP contribution >= 0.6 is 0 Å². The molecule has 1 aliphatic rings. The second-order valence-corrected chi connectivity index (χ2v) is 5.45. The van der Waals surface area contributed by atoms with Crippen molar-refractivity contribution in [1.29, 1.82) is 0 Å². The summed E-state index contributed by atoms with van der Waals surface area (Å²) in [6.07, 6.45) is 0.115. The highest BCUT2D eigenvalue weighted by Crippen LogP contribution is 2.42. The Morgan fingerprint density at radius 1 is 1.37 bits per heavy atom. The van der Waals surface area contributed by atoms with Crippen LogP contribution in [0, 0.1) is 17.0 Å². The number of aliphatic hydroxyl groups excluding tert-OH is 1. The molecule has 2 rings (SSSR count). The lowest BCUT2D eigenvalue weighted by Gasteiger charge is -2.49. The van der Waals surface area contributed by atoms with Gasteiger partial charge in [-0.3, -0.25) is 0 Å². The van der Waals surface area contributed by atoms with Gasteiger partial charge in [-0.25, -0.2) is 13.8 Å². The Labute approximate surface area is 111 Å². The zero-order valence-electron chi connectivity index (χ0n) is 11.3. The van der Waals surface area contributed by atoms with Crippen LogP contribution in [0.4, 0.5) is 20.4 Å². The van der Waals surface area contributed by atoms with Crippen molar-refractivity contribution in [2.75, 3.05) is 17.2 Å². The maximum atomic E-state index is 13.7. The van der Waals surface area contributed by atoms with Crippen molar-refractivity contribution in [3.63, 3.8) is 0 Å². The molecule has 1 aliphatic carbocycles. The third-order valence-corrected chi connectivity index (χ3v) is 3.80. The van der Waals surface area contributed by atoms with Gasteiger partial charge in [0.05, 0.1) is 6.10 Å². The van der Waals surface area contributed by atoms with Crippen molar-refractivity contribution >= 4 is 11.6 Å². The Morgan fingerprint density at radius 2 is 2.00 bits per heavy atom. The number of anilines is 2. The summed E-state index contributed by atoms with van der Waals surface area (Å²) in [6, 6.07) is 0.736. The van der Waals surface area contributed by atoms with Gasteiger partial charge in [0, 0.05) is 24.1 Å². The largest absolute Gasteiger partial charge is 0.392 e. The Hall–Kier alpha value is -1.43. The summed E-state index contributed by atoms with van der Waals surface area (Å²) < 4.78 is 27.1. The van der Waals surface area contributed by atoms with Crippen LogP contribution in [-0.2, 0) is 0 Å². The van der Waals surface area contributed by atoms with E-state index in [0.29, 0.717) is 13.0 Å². The molecule has 0 spiro atoms. The second-order valence-electron chi connectivity index (χ2n) is 5.45. The average Bonchev–Trinajstić information content (AvgIpc) is 2.34. The van der Waals surface area contributed by atoms with E-state index in [1.54, 1.807) is 0 Å². The predicted octanol–water partition coefficient (Wildman–Crippen LogP) is 2.36. The lowest BCUT2D eigenvalue weighted by atomic mass is 9.64. The van der Waals surface area contributed by atoms with Gasteiger partial charge in [0.2, 0.25) is 0 Å². The summed E-state index contributed by atoms with van der Waals surface area (Å²) in [5.74, 6) is -1.39. The number of pyridine rings is 1. The molecular weight excluding hydrogens is 252 g/mol. The molecule has 4 nitrogen and oxygen atoms in total. The fourth-order valence-corrected chi connectivity index (χ4v) is 2.17. The van der Waals surface area contributed by atoms with Crippen molar-refractivity contribution in [1.82, 2.24) is 4.98 Å². The molecule has 1 aromatic heterocycles. The summed E-state index contributed by atoms with van der Waals surface area (Å²) in [7, 11) is 0. The number of nitrogens with zero attached hydrogens (tertiary/aromatic N) is 1. The van der Waals surface area contributed by atoms with E-state index < -0.39 is 17.7 Å². The van der Waals surface area contributed by atoms with E-state index in [-0.39, 0.29) is 23.1 Å². The molecule has 0 radical (unpaired) electrons. The maximum absolute atomic E-state index is 13.7. The number of aromatic nitrogens is 1. The van der Waals surface area contributed by atoms with Crippen molar-refractivity contribution in [2.24, 2.45) is 5.41 Å². The molecule has 2 atom stereocenters. The number of halogens is 2. The molecule has 106 valence electrons. The third-order valence-electron chi connectivity index (χ3n) is 3.80. The smallest absolute Gasteiger partial charge is 0.168 e. The molecule has 19 heavy (non-hydrogen) atoms. The highest BCUT2D eigenvalue weighted by Gasteiger charge is 2.47. The van der Waals surface area contributed by atoms with Crippen LogP contribution in [0.15, 0.2) is 6.07 Å². The van der Waals surface area contributed by atoms with Gasteiger partial charge >= 0.3 is 0 Å². The van der Waals surface area contributed by atoms with Crippen LogP contribution in [0.2, 0.25) is 0 Å². The molecule has 1 saturated carbocycles. The molecule has 0 bridgehead atoms. The number of hydrogen-bond acceptors (Lipinski definition) is 4. The van der Waals surface area contributed by atoms with Crippen LogP contribution in [0.3, 0.4) is 0 Å². The molecule has 0 saturated heterocycles. The number of rotatable bonds is 4. The number of aliphatic hydroxyl groups is 1. The third kappa shape index (κ3) is 2.49. The Balaban J connectivity index is 2.19. The molecule has 3 N–H and O–H groups in total. The Morgan fingerprint density at radius 3 is 2.53 bits per heavy atom. The highest BCUT2D eigenvalue weighted by atomic mass is 19.1. The predicted molar refractivity (Wildman–Crippen MR) is 70.1 cm³/mol. The number of hydrogen-bond donors (Lipinski definition) is 3. The standard InChI is InChI=1S/C13H19F2N3O/c1-4-16-11-7(14)5-8(15)12(18-11)17-9-6-10(19)13(9,2)3/h5,9-10,19H,4,6H2,1-3H3,(H2,16,17,18). The lowest BCUT2D eigenvalue weighted by molar-refractivity contribution is -0.0512. The molecule has 1 aromatic rings. The van der Waals surface area contributed by atoms with Crippen LogP contribution < -0.4 is 10.6 Å². The Kier molecular flexibility index (Phi) is 3.62. The van der Waals surface area contributed by atoms with Gasteiger partial charge in [0.25, 0.3) is 0 Å². The van der Waals surface area contributed by atoms with Crippen molar-refractivity contribution in [3.05, 3.63) is 17.7 Å². The minimum Gasteiger partial charge on any atom is -0.392 e. The zero-order chi connectivity index (χ0) is 14.2. The molecule has 0 aromatic carbocycles. The monoisotopic (exact) mass is 271 g/mol. The molecular formula is C13H19F2N3O. The summed E-state index contributed by atoms with van der Waals surface area (Å²) in [4.78, 5) is 3.92. The van der Waals surface area contributed by atoms with E-state index in [0.717, 1.165) is 6.07 Å². The van der Waals surface area contributed by atoms with Crippen LogP contribution in [0.25, 0.3) is 0 Å². The first-order valence-electron chi connectivity index (χ1n) is 6.40. The molecule has 6 heteroatoms. The molecule has 1 heterocycles. The average molecular weight is 271 g/mol. The first-order valence-corrected chi connectivity index (χ1v) is 6.40. The maximum Gasteiger partial charge on any atom is 0.168 e. The van der Waals surface area contributed by atoms with E-state index in [1.165, 1.54) is 0 Å². The van der Waals surface area contributed by atoms with Gasteiger partial charge in [0.15, 0.2) is 23.3 Å². The zero-order valence-corrected chi connectivity index (χ0v) is 11.3. The van der Waals surface area contributed by atoms with Gasteiger partial charge in [-0.05, 0) is 13.3 Å². The van der Waals surface area contributed by atoms with Crippen LogP contribution in [0.1, 0.15) is 27.2 Å². The molecule has 1 fully saturated rings. The normalized spacial score (nSPS) is 24.7. The fraction of sp³-hybridized carbons (Fsp3) is 0.615. The number of nitrogens with one attached hydrogen (secondary N) is 2. The lowest BCUT2D eigenvalue weighted by Crippen LogP contribution is -2.57. The molecule has 0 amide bonds. The van der Waals surface area contributed by atoms with Crippen molar-refractivity contribution in [2.45, 2.75) is 39.3 Å². The Bertz CT molecular complexity index is 479. The summed E-state index contributed by atoms with van der Waals surface area (Å²) >= 11 is 0. The van der Waals surface area contributed by atoms with Gasteiger partial charge in [-0.1, -0.05) is 13.8 Å². The highest BCUT2D eigenvalue weighted by molar-refractivity contribution is 5.48. The SMILES string of the molecule is CCNc1nc(NC2CC(O)C2(C)C)c(F)cc1F. The first kappa shape index (κ1) is 14.0. The minimum atomic E-state index is -0.726. The fourth-order valence-electron chi connectivity index (χ4n) is 2.17. The topological polar surface area (TPSA) is 57.2 Å². The van der Waals surface area contributed by atoms with Crippen LogP contribution in [-0.4, -0.2) is 28.8 Å². The summed E-state index contributed by atoms with van der Waals surface area (Å²) in [5, 5.41) is 15.3. The molecule has 2 unspecified atom stereocenters.